The summed E-state index contributed by atoms with van der Waals surface area (Å²) < 4.78 is 5.14. The minimum Gasteiger partial charge on any atom is -0.461 e. The molecule has 0 aliphatic heterocycles. The quantitative estimate of drug-likeness (QED) is 0.817. The summed E-state index contributed by atoms with van der Waals surface area (Å²) in [5, 5.41) is 0. The zero-order valence-electron chi connectivity index (χ0n) is 10.2. The topological polar surface area (TPSA) is 69.4 Å². The first-order valence-electron chi connectivity index (χ1n) is 6.15. The number of rotatable bonds is 4. The van der Waals surface area contributed by atoms with Gasteiger partial charge in [-0.2, -0.15) is 0 Å². The van der Waals surface area contributed by atoms with Crippen molar-refractivity contribution >= 4 is 11.8 Å². The molecule has 4 heteroatoms. The van der Waals surface area contributed by atoms with Gasteiger partial charge in [0.15, 0.2) is 5.78 Å². The molecule has 4 nitrogen and oxygen atoms in total. The number of ketones is 1. The highest BCUT2D eigenvalue weighted by molar-refractivity contribution is 5.91. The van der Waals surface area contributed by atoms with Gasteiger partial charge >= 0.3 is 5.97 Å². The second kappa shape index (κ2) is 5.78. The van der Waals surface area contributed by atoms with E-state index in [1.807, 2.05) is 30.3 Å². The van der Waals surface area contributed by atoms with Crippen molar-refractivity contribution in [3.63, 3.8) is 0 Å². The SMILES string of the molecule is N[C@H]1CCC(CC(=O)OCc2ccccc2)C1=O. The zero-order valence-corrected chi connectivity index (χ0v) is 10.2. The van der Waals surface area contributed by atoms with Crippen LogP contribution < -0.4 is 5.73 Å². The van der Waals surface area contributed by atoms with Crippen molar-refractivity contribution in [2.75, 3.05) is 0 Å². The van der Waals surface area contributed by atoms with E-state index in [2.05, 4.69) is 0 Å². The molecule has 1 aromatic carbocycles. The van der Waals surface area contributed by atoms with Crippen molar-refractivity contribution < 1.29 is 14.3 Å². The second-order valence-electron chi connectivity index (χ2n) is 4.63. The van der Waals surface area contributed by atoms with Gasteiger partial charge in [-0.3, -0.25) is 9.59 Å². The summed E-state index contributed by atoms with van der Waals surface area (Å²) in [7, 11) is 0. The molecule has 1 aliphatic carbocycles. The van der Waals surface area contributed by atoms with Gasteiger partial charge in [0, 0.05) is 5.92 Å². The van der Waals surface area contributed by atoms with Crippen LogP contribution in [-0.2, 0) is 20.9 Å². The van der Waals surface area contributed by atoms with Gasteiger partial charge in [0.05, 0.1) is 12.5 Å². The molecule has 1 aliphatic rings. The highest BCUT2D eigenvalue weighted by Crippen LogP contribution is 2.24. The maximum atomic E-state index is 11.6. The number of esters is 1. The minimum absolute atomic E-state index is 0.00772. The van der Waals surface area contributed by atoms with Gasteiger partial charge in [-0.15, -0.1) is 0 Å². The van der Waals surface area contributed by atoms with Gasteiger partial charge in [0.25, 0.3) is 0 Å². The third kappa shape index (κ3) is 3.17. The summed E-state index contributed by atoms with van der Waals surface area (Å²) in [6.07, 6.45) is 1.52. The third-order valence-electron chi connectivity index (χ3n) is 3.25. The van der Waals surface area contributed by atoms with Gasteiger partial charge < -0.3 is 10.5 Å². The van der Waals surface area contributed by atoms with E-state index in [9.17, 15) is 9.59 Å². The predicted octanol–water partition coefficient (Wildman–Crippen LogP) is 1.43. The summed E-state index contributed by atoms with van der Waals surface area (Å²) in [6.45, 7) is 0.257. The van der Waals surface area contributed by atoms with E-state index in [-0.39, 0.29) is 30.7 Å². The fraction of sp³-hybridized carbons (Fsp3) is 0.429. The highest BCUT2D eigenvalue weighted by Gasteiger charge is 2.33. The monoisotopic (exact) mass is 247 g/mol. The predicted molar refractivity (Wildman–Crippen MR) is 66.6 cm³/mol. The standard InChI is InChI=1S/C14H17NO3/c15-12-7-6-11(14(12)17)8-13(16)18-9-10-4-2-1-3-5-10/h1-5,11-12H,6-9,15H2/t11?,12-/m0/s1. The van der Waals surface area contributed by atoms with Crippen LogP contribution in [0.5, 0.6) is 0 Å². The Morgan fingerprint density at radius 1 is 1.28 bits per heavy atom. The molecule has 0 spiro atoms. The average Bonchev–Trinajstić information content (AvgIpc) is 2.70. The van der Waals surface area contributed by atoms with E-state index in [0.29, 0.717) is 12.8 Å². The summed E-state index contributed by atoms with van der Waals surface area (Å²) >= 11 is 0. The van der Waals surface area contributed by atoms with Crippen molar-refractivity contribution in [1.82, 2.24) is 0 Å². The van der Waals surface area contributed by atoms with Crippen molar-refractivity contribution in [3.8, 4) is 0 Å². The highest BCUT2D eigenvalue weighted by atomic mass is 16.5. The molecule has 0 saturated heterocycles. The molecule has 0 aromatic heterocycles. The smallest absolute Gasteiger partial charge is 0.306 e. The van der Waals surface area contributed by atoms with E-state index >= 15 is 0 Å². The van der Waals surface area contributed by atoms with Crippen molar-refractivity contribution in [1.29, 1.82) is 0 Å². The van der Waals surface area contributed by atoms with Crippen LogP contribution >= 0.6 is 0 Å². The van der Waals surface area contributed by atoms with Gasteiger partial charge in [-0.25, -0.2) is 0 Å². The summed E-state index contributed by atoms with van der Waals surface area (Å²) in [5.41, 5.74) is 6.55. The van der Waals surface area contributed by atoms with Crippen LogP contribution in [-0.4, -0.2) is 17.8 Å². The first kappa shape index (κ1) is 12.8. The maximum absolute atomic E-state index is 11.6. The van der Waals surface area contributed by atoms with Crippen molar-refractivity contribution in [2.24, 2.45) is 11.7 Å². The van der Waals surface area contributed by atoms with E-state index in [4.69, 9.17) is 10.5 Å². The molecule has 0 amide bonds. The molecule has 1 fully saturated rings. The van der Waals surface area contributed by atoms with Crippen LogP contribution in [0.4, 0.5) is 0 Å². The molecule has 2 N–H and O–H groups in total. The number of hydrogen-bond acceptors (Lipinski definition) is 4. The van der Waals surface area contributed by atoms with Crippen LogP contribution in [0.15, 0.2) is 30.3 Å². The number of carbonyl (C=O) groups excluding carboxylic acids is 2. The Kier molecular flexibility index (Phi) is 4.10. The van der Waals surface area contributed by atoms with E-state index in [1.54, 1.807) is 0 Å². The molecule has 1 unspecified atom stereocenters. The summed E-state index contributed by atoms with van der Waals surface area (Å²) in [5.74, 6) is -0.582. The van der Waals surface area contributed by atoms with Gasteiger partial charge in [0.1, 0.15) is 6.61 Å². The Morgan fingerprint density at radius 3 is 2.61 bits per heavy atom. The van der Waals surface area contributed by atoms with Crippen LogP contribution in [0.2, 0.25) is 0 Å². The molecular weight excluding hydrogens is 230 g/mol. The van der Waals surface area contributed by atoms with E-state index in [0.717, 1.165) is 5.56 Å². The molecule has 0 radical (unpaired) electrons. The molecule has 0 bridgehead atoms. The van der Waals surface area contributed by atoms with Crippen molar-refractivity contribution in [2.45, 2.75) is 31.9 Å². The van der Waals surface area contributed by atoms with Gasteiger partial charge in [-0.05, 0) is 18.4 Å². The number of ether oxygens (including phenoxy) is 1. The first-order valence-corrected chi connectivity index (χ1v) is 6.15. The Balaban J connectivity index is 1.78. The van der Waals surface area contributed by atoms with Crippen LogP contribution in [0, 0.1) is 5.92 Å². The molecule has 1 aromatic rings. The lowest BCUT2D eigenvalue weighted by Gasteiger charge is -2.08. The number of hydrogen-bond donors (Lipinski definition) is 1. The lowest BCUT2D eigenvalue weighted by molar-refractivity contribution is -0.147. The van der Waals surface area contributed by atoms with Crippen LogP contribution in [0.3, 0.4) is 0 Å². The van der Waals surface area contributed by atoms with Gasteiger partial charge in [-0.1, -0.05) is 30.3 Å². The second-order valence-corrected chi connectivity index (χ2v) is 4.63. The Bertz CT molecular complexity index is 430. The van der Waals surface area contributed by atoms with Gasteiger partial charge in [0.2, 0.25) is 0 Å². The lowest BCUT2D eigenvalue weighted by atomic mass is 10.0. The molecule has 96 valence electrons. The van der Waals surface area contributed by atoms with Crippen LogP contribution in [0.25, 0.3) is 0 Å². The molecule has 18 heavy (non-hydrogen) atoms. The third-order valence-corrected chi connectivity index (χ3v) is 3.25. The minimum atomic E-state index is -0.392. The summed E-state index contributed by atoms with van der Waals surface area (Å²) in [4.78, 5) is 23.2. The average molecular weight is 247 g/mol. The van der Waals surface area contributed by atoms with Crippen molar-refractivity contribution in [3.05, 3.63) is 35.9 Å². The number of benzene rings is 1. The lowest BCUT2D eigenvalue weighted by Crippen LogP contribution is -2.28. The number of carbonyl (C=O) groups is 2. The fourth-order valence-corrected chi connectivity index (χ4v) is 2.17. The maximum Gasteiger partial charge on any atom is 0.306 e. The molecule has 0 heterocycles. The molecule has 2 atom stereocenters. The molecule has 1 saturated carbocycles. The Morgan fingerprint density at radius 2 is 2.00 bits per heavy atom. The van der Waals surface area contributed by atoms with Crippen LogP contribution in [0.1, 0.15) is 24.8 Å². The Labute approximate surface area is 106 Å². The normalized spacial score (nSPS) is 23.1. The van der Waals surface area contributed by atoms with E-state index < -0.39 is 6.04 Å². The summed E-state index contributed by atoms with van der Waals surface area (Å²) in [6, 6.07) is 9.08. The largest absolute Gasteiger partial charge is 0.461 e. The number of Topliss-reactive ketones (excluding diaryl/α,β-unsaturated/α-hetero) is 1. The van der Waals surface area contributed by atoms with E-state index in [1.165, 1.54) is 0 Å². The molecular formula is C14H17NO3. The number of nitrogens with two attached hydrogens (primary N) is 1. The Hall–Kier alpha value is -1.68. The zero-order chi connectivity index (χ0) is 13.0. The first-order chi connectivity index (χ1) is 8.66. The molecule has 2 rings (SSSR count). The fourth-order valence-electron chi connectivity index (χ4n) is 2.17.